The molecule has 0 aromatic carbocycles. The number of hydrogen-bond donors (Lipinski definition) is 1. The number of aliphatic hydroxyl groups is 1. The second kappa shape index (κ2) is 9.53. The van der Waals surface area contributed by atoms with Crippen LogP contribution in [0.5, 0.6) is 0 Å². The van der Waals surface area contributed by atoms with Crippen LogP contribution in [0.3, 0.4) is 0 Å². The Balaban J connectivity index is 2.82. The number of halogens is 1. The predicted molar refractivity (Wildman–Crippen MR) is 57.8 cm³/mol. The topological polar surface area (TPSA) is 20.2 Å². The van der Waals surface area contributed by atoms with E-state index in [4.69, 9.17) is 5.11 Å². The fraction of sp³-hybridized carbons (Fsp3) is 1.00. The van der Waals surface area contributed by atoms with Crippen molar-refractivity contribution >= 4 is 15.9 Å². The molecule has 0 unspecified atom stereocenters. The normalized spacial score (nSPS) is 13.2. The van der Waals surface area contributed by atoms with Gasteiger partial charge < -0.3 is 5.11 Å². The summed E-state index contributed by atoms with van der Waals surface area (Å²) in [5.74, 6) is 0. The Labute approximate surface area is 84.7 Å². The Morgan fingerprint density at radius 3 is 2.00 bits per heavy atom. The fourth-order valence-electron chi connectivity index (χ4n) is 1.24. The highest BCUT2D eigenvalue weighted by Crippen LogP contribution is 2.12. The highest BCUT2D eigenvalue weighted by atomic mass is 79.9. The van der Waals surface area contributed by atoms with Gasteiger partial charge in [-0.15, -0.1) is 0 Å². The van der Waals surface area contributed by atoms with Gasteiger partial charge in [-0.3, -0.25) is 0 Å². The van der Waals surface area contributed by atoms with Crippen LogP contribution in [0.2, 0.25) is 0 Å². The van der Waals surface area contributed by atoms with Gasteiger partial charge in [0.05, 0.1) is 0 Å². The summed E-state index contributed by atoms with van der Waals surface area (Å²) >= 11 is 3.54. The fourth-order valence-corrected chi connectivity index (χ4v) is 1.57. The van der Waals surface area contributed by atoms with E-state index in [1.54, 1.807) is 0 Å². The molecule has 0 rings (SSSR count). The molecule has 0 saturated heterocycles. The third-order valence-electron chi connectivity index (χ3n) is 2.01. The van der Waals surface area contributed by atoms with Crippen LogP contribution in [-0.2, 0) is 0 Å². The molecule has 0 saturated carbocycles. The number of hydrogen-bond acceptors (Lipinski definition) is 1. The third-order valence-corrected chi connectivity index (χ3v) is 2.47. The van der Waals surface area contributed by atoms with Crippen molar-refractivity contribution in [1.82, 2.24) is 0 Å². The molecule has 0 spiro atoms. The first-order valence-corrected chi connectivity index (χ1v) is 5.94. The Hall–Kier alpha value is 0.440. The lowest BCUT2D eigenvalue weighted by Crippen LogP contribution is -1.89. The number of unbranched alkanes of at least 4 members (excludes halogenated alkanes) is 5. The lowest BCUT2D eigenvalue weighted by Gasteiger charge is -2.02. The molecule has 1 N–H and O–H groups in total. The van der Waals surface area contributed by atoms with Gasteiger partial charge in [0.25, 0.3) is 0 Å². The van der Waals surface area contributed by atoms with Gasteiger partial charge in [0.1, 0.15) is 0 Å². The molecule has 12 heavy (non-hydrogen) atoms. The van der Waals surface area contributed by atoms with Crippen molar-refractivity contribution in [3.05, 3.63) is 0 Å². The number of aliphatic hydroxyl groups excluding tert-OH is 1. The van der Waals surface area contributed by atoms with Crippen LogP contribution >= 0.6 is 15.9 Å². The first-order chi connectivity index (χ1) is 5.77. The van der Waals surface area contributed by atoms with Gasteiger partial charge in [-0.25, -0.2) is 0 Å². The smallest absolute Gasteiger partial charge is 0.0431 e. The van der Waals surface area contributed by atoms with E-state index in [1.807, 2.05) is 0 Å². The molecule has 0 amide bonds. The second-order valence-electron chi connectivity index (χ2n) is 3.41. The van der Waals surface area contributed by atoms with E-state index in [2.05, 4.69) is 22.9 Å². The summed E-state index contributed by atoms with van der Waals surface area (Å²) in [4.78, 5) is 0.676. The molecule has 0 aliphatic carbocycles. The highest BCUT2D eigenvalue weighted by Gasteiger charge is 1.95. The summed E-state index contributed by atoms with van der Waals surface area (Å²) in [7, 11) is 0. The third kappa shape index (κ3) is 10.4. The van der Waals surface area contributed by atoms with Crippen molar-refractivity contribution in [3.63, 3.8) is 0 Å². The lowest BCUT2D eigenvalue weighted by molar-refractivity contribution is 0.282. The van der Waals surface area contributed by atoms with Crippen LogP contribution in [0.15, 0.2) is 0 Å². The first-order valence-electron chi connectivity index (χ1n) is 5.02. The minimum absolute atomic E-state index is 0.360. The molecular weight excluding hydrogens is 216 g/mol. The molecule has 0 radical (unpaired) electrons. The summed E-state index contributed by atoms with van der Waals surface area (Å²) in [5.41, 5.74) is 0. The number of alkyl halides is 1. The van der Waals surface area contributed by atoms with E-state index in [0.29, 0.717) is 11.4 Å². The lowest BCUT2D eigenvalue weighted by atomic mass is 10.1. The summed E-state index contributed by atoms with van der Waals surface area (Å²) in [6.07, 6.45) is 8.78. The summed E-state index contributed by atoms with van der Waals surface area (Å²) in [6, 6.07) is 0. The molecule has 0 bridgehead atoms. The van der Waals surface area contributed by atoms with Crippen LogP contribution < -0.4 is 0 Å². The largest absolute Gasteiger partial charge is 0.396 e. The van der Waals surface area contributed by atoms with Gasteiger partial charge in [0.2, 0.25) is 0 Å². The van der Waals surface area contributed by atoms with E-state index in [1.165, 1.54) is 38.5 Å². The maximum Gasteiger partial charge on any atom is 0.0431 e. The van der Waals surface area contributed by atoms with Gasteiger partial charge in [-0.2, -0.15) is 0 Å². The van der Waals surface area contributed by atoms with Crippen molar-refractivity contribution in [3.8, 4) is 0 Å². The highest BCUT2D eigenvalue weighted by molar-refractivity contribution is 9.09. The Bertz CT molecular complexity index is 83.9. The molecule has 0 fully saturated rings. The van der Waals surface area contributed by atoms with Crippen LogP contribution in [0.25, 0.3) is 0 Å². The molecule has 0 heterocycles. The zero-order valence-corrected chi connectivity index (χ0v) is 9.65. The van der Waals surface area contributed by atoms with Gasteiger partial charge >= 0.3 is 0 Å². The van der Waals surface area contributed by atoms with Gasteiger partial charge in [0.15, 0.2) is 0 Å². The minimum atomic E-state index is 0.360. The molecule has 1 nitrogen and oxygen atoms in total. The summed E-state index contributed by atoms with van der Waals surface area (Å²) in [5, 5.41) is 8.54. The monoisotopic (exact) mass is 236 g/mol. The average molecular weight is 237 g/mol. The Morgan fingerprint density at radius 1 is 1.00 bits per heavy atom. The minimum Gasteiger partial charge on any atom is -0.396 e. The molecule has 74 valence electrons. The maximum atomic E-state index is 8.54. The van der Waals surface area contributed by atoms with Crippen LogP contribution in [0.1, 0.15) is 51.9 Å². The number of rotatable bonds is 8. The van der Waals surface area contributed by atoms with Crippen LogP contribution in [0, 0.1) is 0 Å². The predicted octanol–water partition coefficient (Wildman–Crippen LogP) is 3.49. The Kier molecular flexibility index (Phi) is 9.88. The van der Waals surface area contributed by atoms with Crippen molar-refractivity contribution in [2.75, 3.05) is 6.61 Å². The molecule has 0 aliphatic heterocycles. The summed E-state index contributed by atoms with van der Waals surface area (Å²) in [6.45, 7) is 2.56. The standard InChI is InChI=1S/C10H21BrO/c1-10(11)8-6-4-2-3-5-7-9-12/h10,12H,2-9H2,1H3/t10-/m0/s1. The van der Waals surface area contributed by atoms with E-state index in [0.717, 1.165) is 6.42 Å². The molecule has 0 aliphatic rings. The maximum absolute atomic E-state index is 8.54. The Morgan fingerprint density at radius 2 is 1.50 bits per heavy atom. The van der Waals surface area contributed by atoms with Gasteiger partial charge in [-0.1, -0.05) is 55.0 Å². The van der Waals surface area contributed by atoms with E-state index in [9.17, 15) is 0 Å². The SMILES string of the molecule is C[C@H](Br)CCCCCCCCO. The summed E-state index contributed by atoms with van der Waals surface area (Å²) < 4.78 is 0. The van der Waals surface area contributed by atoms with Crippen molar-refractivity contribution in [2.45, 2.75) is 56.7 Å². The van der Waals surface area contributed by atoms with Gasteiger partial charge in [-0.05, 0) is 12.8 Å². The van der Waals surface area contributed by atoms with Crippen molar-refractivity contribution in [1.29, 1.82) is 0 Å². The average Bonchev–Trinajstić information content (AvgIpc) is 2.02. The van der Waals surface area contributed by atoms with Crippen molar-refractivity contribution in [2.24, 2.45) is 0 Å². The van der Waals surface area contributed by atoms with E-state index >= 15 is 0 Å². The quantitative estimate of drug-likeness (QED) is 0.506. The van der Waals surface area contributed by atoms with Crippen LogP contribution in [-0.4, -0.2) is 16.5 Å². The van der Waals surface area contributed by atoms with Crippen molar-refractivity contribution < 1.29 is 5.11 Å². The molecular formula is C10H21BrO. The second-order valence-corrected chi connectivity index (χ2v) is 4.98. The molecule has 2 heteroatoms. The zero-order chi connectivity index (χ0) is 9.23. The van der Waals surface area contributed by atoms with Crippen LogP contribution in [0.4, 0.5) is 0 Å². The molecule has 1 atom stereocenters. The van der Waals surface area contributed by atoms with E-state index < -0.39 is 0 Å². The zero-order valence-electron chi connectivity index (χ0n) is 8.06. The first kappa shape index (κ1) is 12.4. The van der Waals surface area contributed by atoms with Gasteiger partial charge in [0, 0.05) is 11.4 Å². The molecule has 0 aromatic heterocycles. The van der Waals surface area contributed by atoms with E-state index in [-0.39, 0.29) is 0 Å². The molecule has 0 aromatic rings.